The van der Waals surface area contributed by atoms with Crippen molar-refractivity contribution >= 4 is 10.8 Å². The highest BCUT2D eigenvalue weighted by molar-refractivity contribution is 5.87. The zero-order valence-corrected chi connectivity index (χ0v) is 10.4. The second-order valence-electron chi connectivity index (χ2n) is 4.49. The molecule has 3 rings (SSSR count). The number of fused-ring (bicyclic) bond motifs is 1. The van der Waals surface area contributed by atoms with Gasteiger partial charge in [0.25, 0.3) is 0 Å². The molecule has 0 bridgehead atoms. The van der Waals surface area contributed by atoms with Crippen molar-refractivity contribution in [1.29, 1.82) is 0 Å². The van der Waals surface area contributed by atoms with Crippen molar-refractivity contribution in [2.24, 2.45) is 0 Å². The van der Waals surface area contributed by atoms with Gasteiger partial charge in [-0.25, -0.2) is 0 Å². The van der Waals surface area contributed by atoms with Crippen LogP contribution in [0.4, 0.5) is 13.2 Å². The molecule has 0 aliphatic carbocycles. The van der Waals surface area contributed by atoms with Gasteiger partial charge in [0.2, 0.25) is 0 Å². The van der Waals surface area contributed by atoms with E-state index in [0.717, 1.165) is 28.8 Å². The minimum absolute atomic E-state index is 0.569. The van der Waals surface area contributed by atoms with E-state index in [9.17, 15) is 13.2 Å². The maximum atomic E-state index is 12.7. The van der Waals surface area contributed by atoms with Crippen molar-refractivity contribution in [3.05, 3.63) is 66.4 Å². The topological polar surface area (TPSA) is 12.9 Å². The molecule has 0 fully saturated rings. The average Bonchev–Trinajstić information content (AvgIpc) is 2.46. The van der Waals surface area contributed by atoms with Crippen molar-refractivity contribution in [1.82, 2.24) is 4.98 Å². The minimum atomic E-state index is -4.31. The summed E-state index contributed by atoms with van der Waals surface area (Å²) in [6.07, 6.45) is -2.62. The summed E-state index contributed by atoms with van der Waals surface area (Å²) in [4.78, 5) is 4.23. The van der Waals surface area contributed by atoms with Gasteiger partial charge in [-0.1, -0.05) is 24.3 Å². The number of rotatable bonds is 1. The molecule has 0 N–H and O–H groups in total. The Morgan fingerprint density at radius 1 is 0.800 bits per heavy atom. The van der Waals surface area contributed by atoms with E-state index < -0.39 is 11.7 Å². The average molecular weight is 273 g/mol. The van der Waals surface area contributed by atoms with Crippen molar-refractivity contribution in [2.75, 3.05) is 0 Å². The summed E-state index contributed by atoms with van der Waals surface area (Å²) in [6, 6.07) is 14.6. The van der Waals surface area contributed by atoms with E-state index in [4.69, 9.17) is 0 Å². The van der Waals surface area contributed by atoms with Crippen LogP contribution in [0, 0.1) is 0 Å². The molecule has 0 aliphatic heterocycles. The fraction of sp³-hybridized carbons (Fsp3) is 0.0625. The number of benzene rings is 2. The third-order valence-electron chi connectivity index (χ3n) is 3.13. The minimum Gasteiger partial charge on any atom is -0.256 e. The zero-order valence-electron chi connectivity index (χ0n) is 10.4. The molecule has 1 nitrogen and oxygen atoms in total. The van der Waals surface area contributed by atoms with Crippen molar-refractivity contribution in [3.63, 3.8) is 0 Å². The first-order valence-electron chi connectivity index (χ1n) is 6.06. The summed E-state index contributed by atoms with van der Waals surface area (Å²) in [6.45, 7) is 0. The molecule has 0 atom stereocenters. The van der Waals surface area contributed by atoms with Crippen molar-refractivity contribution < 1.29 is 13.2 Å². The highest BCUT2D eigenvalue weighted by Gasteiger charge is 2.30. The highest BCUT2D eigenvalue weighted by atomic mass is 19.4. The van der Waals surface area contributed by atoms with E-state index in [1.54, 1.807) is 18.3 Å². The monoisotopic (exact) mass is 273 g/mol. The Labute approximate surface area is 113 Å². The molecule has 2 aromatic carbocycles. The molecular weight excluding hydrogens is 263 g/mol. The first-order chi connectivity index (χ1) is 9.54. The quantitative estimate of drug-likeness (QED) is 0.613. The molecule has 0 unspecified atom stereocenters. The third kappa shape index (κ3) is 2.37. The van der Waals surface area contributed by atoms with Crippen molar-refractivity contribution in [2.45, 2.75) is 6.18 Å². The highest BCUT2D eigenvalue weighted by Crippen LogP contribution is 2.32. The van der Waals surface area contributed by atoms with Gasteiger partial charge in [0, 0.05) is 11.8 Å². The molecule has 1 heterocycles. The largest absolute Gasteiger partial charge is 0.416 e. The summed E-state index contributed by atoms with van der Waals surface area (Å²) in [7, 11) is 0. The van der Waals surface area contributed by atoms with Gasteiger partial charge in [-0.05, 0) is 41.1 Å². The first kappa shape index (κ1) is 12.7. The molecule has 0 spiro atoms. The van der Waals surface area contributed by atoms with Crippen LogP contribution < -0.4 is 0 Å². The number of hydrogen-bond donors (Lipinski definition) is 0. The number of nitrogens with zero attached hydrogens (tertiary/aromatic N) is 1. The van der Waals surface area contributed by atoms with E-state index in [0.29, 0.717) is 5.39 Å². The van der Waals surface area contributed by atoms with Gasteiger partial charge >= 0.3 is 6.18 Å². The molecule has 100 valence electrons. The molecule has 1 aromatic heterocycles. The molecule has 3 aromatic rings. The Morgan fingerprint density at radius 2 is 1.55 bits per heavy atom. The van der Waals surface area contributed by atoms with Crippen molar-refractivity contribution in [3.8, 4) is 11.3 Å². The Kier molecular flexibility index (Phi) is 2.93. The summed E-state index contributed by atoms with van der Waals surface area (Å²) >= 11 is 0. The van der Waals surface area contributed by atoms with Gasteiger partial charge in [-0.15, -0.1) is 0 Å². The molecule has 0 radical (unpaired) electrons. The third-order valence-corrected chi connectivity index (χ3v) is 3.13. The molecule has 0 aliphatic rings. The Bertz CT molecular complexity index is 749. The number of hydrogen-bond acceptors (Lipinski definition) is 1. The lowest BCUT2D eigenvalue weighted by molar-refractivity contribution is -0.137. The lowest BCUT2D eigenvalue weighted by atomic mass is 10.0. The van der Waals surface area contributed by atoms with Gasteiger partial charge in [-0.2, -0.15) is 13.2 Å². The van der Waals surface area contributed by atoms with E-state index in [-0.39, 0.29) is 0 Å². The summed E-state index contributed by atoms with van der Waals surface area (Å²) in [5.41, 5.74) is 1.06. The van der Waals surface area contributed by atoms with Gasteiger partial charge < -0.3 is 0 Å². The van der Waals surface area contributed by atoms with Gasteiger partial charge in [0.15, 0.2) is 0 Å². The van der Waals surface area contributed by atoms with E-state index in [2.05, 4.69) is 4.98 Å². The van der Waals surface area contributed by atoms with Crippen LogP contribution in [0.3, 0.4) is 0 Å². The van der Waals surface area contributed by atoms with Crippen LogP contribution in [0.15, 0.2) is 60.8 Å². The fourth-order valence-electron chi connectivity index (χ4n) is 2.11. The van der Waals surface area contributed by atoms with Crippen LogP contribution in [-0.4, -0.2) is 4.98 Å². The van der Waals surface area contributed by atoms with Crippen LogP contribution in [0.2, 0.25) is 0 Å². The summed E-state index contributed by atoms with van der Waals surface area (Å²) < 4.78 is 38.0. The Hall–Kier alpha value is -2.36. The lowest BCUT2D eigenvalue weighted by Gasteiger charge is -2.08. The van der Waals surface area contributed by atoms with Crippen LogP contribution in [-0.2, 0) is 6.18 Å². The maximum Gasteiger partial charge on any atom is 0.416 e. The number of aromatic nitrogens is 1. The standard InChI is InChI=1S/C16H10F3N/c17-16(18,19)14-7-6-11-9-13(5-4-12(11)10-14)15-3-1-2-8-20-15/h1-10H. The molecule has 0 amide bonds. The molecule has 20 heavy (non-hydrogen) atoms. The number of alkyl halides is 3. The predicted molar refractivity (Wildman–Crippen MR) is 72.2 cm³/mol. The van der Waals surface area contributed by atoms with E-state index in [1.165, 1.54) is 6.07 Å². The second-order valence-corrected chi connectivity index (χ2v) is 4.49. The van der Waals surface area contributed by atoms with Crippen LogP contribution in [0.1, 0.15) is 5.56 Å². The second kappa shape index (κ2) is 4.63. The molecule has 4 heteroatoms. The number of pyridine rings is 1. The summed E-state index contributed by atoms with van der Waals surface area (Å²) in [5, 5.41) is 1.33. The van der Waals surface area contributed by atoms with Gasteiger partial charge in [0.05, 0.1) is 11.3 Å². The van der Waals surface area contributed by atoms with Gasteiger partial charge in [0.1, 0.15) is 0 Å². The Balaban J connectivity index is 2.10. The smallest absolute Gasteiger partial charge is 0.256 e. The SMILES string of the molecule is FC(F)(F)c1ccc2cc(-c3ccccn3)ccc2c1. The first-order valence-corrected chi connectivity index (χ1v) is 6.06. The number of halogens is 3. The normalized spacial score (nSPS) is 11.8. The van der Waals surface area contributed by atoms with E-state index in [1.807, 2.05) is 24.3 Å². The van der Waals surface area contributed by atoms with E-state index >= 15 is 0 Å². The predicted octanol–water partition coefficient (Wildman–Crippen LogP) is 4.92. The molecule has 0 saturated heterocycles. The van der Waals surface area contributed by atoms with Crippen LogP contribution in [0.5, 0.6) is 0 Å². The Morgan fingerprint density at radius 3 is 2.25 bits per heavy atom. The fourth-order valence-corrected chi connectivity index (χ4v) is 2.11. The molecular formula is C16H10F3N. The zero-order chi connectivity index (χ0) is 14.2. The lowest BCUT2D eigenvalue weighted by Crippen LogP contribution is -2.04. The van der Waals surface area contributed by atoms with Crippen LogP contribution >= 0.6 is 0 Å². The van der Waals surface area contributed by atoms with Crippen LogP contribution in [0.25, 0.3) is 22.0 Å². The molecule has 0 saturated carbocycles. The maximum absolute atomic E-state index is 12.7. The van der Waals surface area contributed by atoms with Gasteiger partial charge in [-0.3, -0.25) is 4.98 Å². The summed E-state index contributed by atoms with van der Waals surface area (Å²) in [5.74, 6) is 0.